The van der Waals surface area contributed by atoms with Crippen molar-refractivity contribution in [3.8, 4) is 11.5 Å². The summed E-state index contributed by atoms with van der Waals surface area (Å²) in [5, 5.41) is 7.91. The van der Waals surface area contributed by atoms with Crippen LogP contribution in [0.5, 0.6) is 11.5 Å². The van der Waals surface area contributed by atoms with Crippen molar-refractivity contribution in [1.29, 1.82) is 0 Å². The summed E-state index contributed by atoms with van der Waals surface area (Å²) in [7, 11) is 4.07. The number of ether oxygens (including phenoxy) is 1. The maximum absolute atomic E-state index is 15.0. The number of benzene rings is 2. The Morgan fingerprint density at radius 3 is 2.23 bits per heavy atom. The molecule has 1 saturated carbocycles. The molecule has 5 rings (SSSR count). The van der Waals surface area contributed by atoms with E-state index in [0.29, 0.717) is 43.2 Å². The molecule has 0 spiro atoms. The van der Waals surface area contributed by atoms with Gasteiger partial charge in [0.25, 0.3) is 0 Å². The fourth-order valence-corrected chi connectivity index (χ4v) is 4.75. The van der Waals surface area contributed by atoms with Crippen LogP contribution in [0, 0.1) is 17.0 Å². The van der Waals surface area contributed by atoms with Gasteiger partial charge in [-0.15, -0.1) is 0 Å². The summed E-state index contributed by atoms with van der Waals surface area (Å²) in [4.78, 5) is 48.9. The van der Waals surface area contributed by atoms with E-state index in [1.54, 1.807) is 11.0 Å². The molecule has 1 saturated heterocycles. The predicted octanol–water partition coefficient (Wildman–Crippen LogP) is 4.22. The zero-order valence-corrected chi connectivity index (χ0v) is 24.6. The van der Waals surface area contributed by atoms with Crippen LogP contribution in [-0.2, 0) is 9.59 Å². The van der Waals surface area contributed by atoms with Crippen molar-refractivity contribution in [2.24, 2.45) is 5.41 Å². The van der Waals surface area contributed by atoms with Gasteiger partial charge in [-0.1, -0.05) is 0 Å². The van der Waals surface area contributed by atoms with E-state index in [9.17, 15) is 23.2 Å². The van der Waals surface area contributed by atoms with Crippen molar-refractivity contribution in [1.82, 2.24) is 19.7 Å². The number of amides is 4. The second kappa shape index (κ2) is 13.3. The quantitative estimate of drug-likeness (QED) is 0.296. The minimum absolute atomic E-state index is 0.104. The number of piperazine rings is 1. The Labute approximate surface area is 254 Å². The summed E-state index contributed by atoms with van der Waals surface area (Å²) in [6.45, 7) is 4.72. The number of pyridine rings is 1. The van der Waals surface area contributed by atoms with E-state index in [-0.39, 0.29) is 17.5 Å². The minimum atomic E-state index is -1.33. The van der Waals surface area contributed by atoms with Gasteiger partial charge in [0.05, 0.1) is 5.69 Å². The summed E-state index contributed by atoms with van der Waals surface area (Å²) >= 11 is 0. The van der Waals surface area contributed by atoms with Crippen LogP contribution in [0.1, 0.15) is 12.8 Å². The molecule has 0 bridgehead atoms. The van der Waals surface area contributed by atoms with Crippen molar-refractivity contribution in [3.63, 3.8) is 0 Å². The van der Waals surface area contributed by atoms with E-state index < -0.39 is 28.9 Å². The molecule has 11 nitrogen and oxygen atoms in total. The van der Waals surface area contributed by atoms with Gasteiger partial charge in [-0.25, -0.2) is 18.6 Å². The predicted molar refractivity (Wildman–Crippen MR) is 162 cm³/mol. The number of halogens is 2. The molecule has 3 aromatic rings. The number of hydrogen-bond donors (Lipinski definition) is 3. The third-order valence-electron chi connectivity index (χ3n) is 7.64. The Morgan fingerprint density at radius 2 is 1.57 bits per heavy atom. The Balaban J connectivity index is 1.14. The number of carbonyl (C=O) groups is 3. The van der Waals surface area contributed by atoms with Crippen molar-refractivity contribution in [3.05, 3.63) is 72.4 Å². The van der Waals surface area contributed by atoms with Gasteiger partial charge in [0.1, 0.15) is 34.4 Å². The molecule has 3 N–H and O–H groups in total. The third-order valence-corrected chi connectivity index (χ3v) is 7.64. The zero-order chi connectivity index (χ0) is 31.3. The van der Waals surface area contributed by atoms with Crippen molar-refractivity contribution >= 4 is 35.0 Å². The molecule has 232 valence electrons. The Bertz CT molecular complexity index is 1510. The molecule has 2 aromatic carbocycles. The lowest BCUT2D eigenvalue weighted by Crippen LogP contribution is -2.51. The van der Waals surface area contributed by atoms with Crippen LogP contribution in [0.3, 0.4) is 0 Å². The van der Waals surface area contributed by atoms with Crippen LogP contribution in [0.4, 0.5) is 30.8 Å². The highest BCUT2D eigenvalue weighted by Crippen LogP contribution is 2.47. The molecule has 44 heavy (non-hydrogen) atoms. The van der Waals surface area contributed by atoms with E-state index >= 15 is 0 Å². The topological polar surface area (TPSA) is 119 Å². The fourth-order valence-electron chi connectivity index (χ4n) is 4.75. The molecular formula is C31H35F2N7O4. The highest BCUT2D eigenvalue weighted by Gasteiger charge is 2.56. The number of nitrogens with zero attached hydrogens (tertiary/aromatic N) is 4. The van der Waals surface area contributed by atoms with E-state index in [4.69, 9.17) is 4.74 Å². The van der Waals surface area contributed by atoms with Crippen LogP contribution in [0.15, 0.2) is 60.8 Å². The van der Waals surface area contributed by atoms with Gasteiger partial charge in [-0.2, -0.15) is 0 Å². The first kappa shape index (κ1) is 30.8. The van der Waals surface area contributed by atoms with E-state index in [1.165, 1.54) is 48.7 Å². The number of urea groups is 1. The number of carbonyl (C=O) groups excluding carboxylic acids is 3. The average Bonchev–Trinajstić information content (AvgIpc) is 3.82. The summed E-state index contributed by atoms with van der Waals surface area (Å²) in [5.74, 6) is -1.59. The van der Waals surface area contributed by atoms with Crippen LogP contribution in [0.2, 0.25) is 0 Å². The molecule has 13 heteroatoms. The fraction of sp³-hybridized carbons (Fsp3) is 0.355. The molecule has 2 fully saturated rings. The van der Waals surface area contributed by atoms with Gasteiger partial charge >= 0.3 is 6.03 Å². The largest absolute Gasteiger partial charge is 0.457 e. The molecule has 0 atom stereocenters. The molecule has 0 radical (unpaired) electrons. The molecule has 4 amide bonds. The lowest BCUT2D eigenvalue weighted by atomic mass is 10.0. The summed E-state index contributed by atoms with van der Waals surface area (Å²) in [6.07, 6.45) is 2.09. The van der Waals surface area contributed by atoms with E-state index in [2.05, 4.69) is 30.7 Å². The van der Waals surface area contributed by atoms with Crippen LogP contribution in [-0.4, -0.2) is 90.9 Å². The lowest BCUT2D eigenvalue weighted by Gasteiger charge is -2.35. The van der Waals surface area contributed by atoms with Crippen LogP contribution in [0.25, 0.3) is 0 Å². The summed E-state index contributed by atoms with van der Waals surface area (Å²) < 4.78 is 33.9. The number of anilines is 3. The van der Waals surface area contributed by atoms with Gasteiger partial charge in [0.15, 0.2) is 0 Å². The molecule has 1 aromatic heterocycles. The maximum atomic E-state index is 15.0. The van der Waals surface area contributed by atoms with Crippen molar-refractivity contribution < 1.29 is 27.9 Å². The summed E-state index contributed by atoms with van der Waals surface area (Å²) in [5.41, 5.74) is -1.07. The van der Waals surface area contributed by atoms with Gasteiger partial charge < -0.3 is 25.2 Å². The lowest BCUT2D eigenvalue weighted by molar-refractivity contribution is -0.131. The second-order valence-corrected chi connectivity index (χ2v) is 11.2. The van der Waals surface area contributed by atoms with Gasteiger partial charge in [-0.3, -0.25) is 19.8 Å². The SMILES string of the molecule is CN(C)CCN1CCN(C(=O)Nc2cc(Oc3ccc(NC(=O)C4(C(=O)Nc5ccc(F)cc5)CC4)c(F)c3)ccn2)CC1. The van der Waals surface area contributed by atoms with Gasteiger partial charge in [0, 0.05) is 63.3 Å². The third kappa shape index (κ3) is 7.66. The number of nitrogens with one attached hydrogen (secondary N) is 3. The Hall–Kier alpha value is -4.62. The summed E-state index contributed by atoms with van der Waals surface area (Å²) in [6, 6.07) is 12.0. The first-order valence-electron chi connectivity index (χ1n) is 14.4. The molecule has 1 aliphatic carbocycles. The first-order valence-corrected chi connectivity index (χ1v) is 14.4. The van der Waals surface area contributed by atoms with E-state index in [0.717, 1.165) is 32.2 Å². The molecule has 2 heterocycles. The molecule has 2 aliphatic rings. The Morgan fingerprint density at radius 1 is 0.886 bits per heavy atom. The Kier molecular flexibility index (Phi) is 9.35. The van der Waals surface area contributed by atoms with Crippen molar-refractivity contribution in [2.45, 2.75) is 12.8 Å². The van der Waals surface area contributed by atoms with Gasteiger partial charge in [-0.05, 0) is 69.4 Å². The van der Waals surface area contributed by atoms with Gasteiger partial charge in [0.2, 0.25) is 11.8 Å². The first-order chi connectivity index (χ1) is 21.1. The zero-order valence-electron chi connectivity index (χ0n) is 24.6. The smallest absolute Gasteiger partial charge is 0.323 e. The van der Waals surface area contributed by atoms with E-state index in [1.807, 2.05) is 14.1 Å². The number of hydrogen-bond acceptors (Lipinski definition) is 7. The monoisotopic (exact) mass is 607 g/mol. The number of likely N-dealkylation sites (N-methyl/N-ethyl adjacent to an activating group) is 1. The minimum Gasteiger partial charge on any atom is -0.457 e. The van der Waals surface area contributed by atoms with Crippen LogP contribution >= 0.6 is 0 Å². The normalized spacial score (nSPS) is 15.9. The highest BCUT2D eigenvalue weighted by atomic mass is 19.1. The molecular weight excluding hydrogens is 572 g/mol. The van der Waals surface area contributed by atoms with Crippen LogP contribution < -0.4 is 20.7 Å². The number of rotatable bonds is 10. The second-order valence-electron chi connectivity index (χ2n) is 11.2. The maximum Gasteiger partial charge on any atom is 0.323 e. The highest BCUT2D eigenvalue weighted by molar-refractivity contribution is 6.16. The standard InChI is InChI=1S/C31H35F2N7O4/c1-38(2)13-14-39-15-17-40(18-16-39)30(43)37-27-20-24(9-12-34-27)44-23-7-8-26(25(33)19-23)36-29(42)31(10-11-31)28(41)35-22-5-3-21(32)4-6-22/h3-9,12,19-20H,10-11,13-18H2,1-2H3,(H,35,41)(H,36,42)(H,34,37,43). The molecule has 1 aliphatic heterocycles. The average molecular weight is 608 g/mol. The number of aromatic nitrogens is 1. The van der Waals surface area contributed by atoms with Crippen molar-refractivity contribution in [2.75, 3.05) is 69.3 Å². The molecule has 0 unspecified atom stereocenters.